The molecule has 3 rings (SSSR count). The highest BCUT2D eigenvalue weighted by molar-refractivity contribution is 7.89. The predicted molar refractivity (Wildman–Crippen MR) is 66.3 cm³/mol. The molecule has 0 radical (unpaired) electrons. The number of fused-ring (bicyclic) bond motifs is 1. The van der Waals surface area contributed by atoms with Crippen molar-refractivity contribution in [1.82, 2.24) is 4.31 Å². The van der Waals surface area contributed by atoms with E-state index in [1.165, 1.54) is 6.42 Å². The molecule has 3 nitrogen and oxygen atoms in total. The molecule has 17 heavy (non-hydrogen) atoms. The van der Waals surface area contributed by atoms with Crippen LogP contribution in [0, 0.1) is 25.7 Å². The molecule has 1 aromatic carbocycles. The minimum Gasteiger partial charge on any atom is -0.207 e. The van der Waals surface area contributed by atoms with Gasteiger partial charge >= 0.3 is 0 Å². The van der Waals surface area contributed by atoms with Gasteiger partial charge in [0, 0.05) is 13.1 Å². The first-order chi connectivity index (χ1) is 7.98. The SMILES string of the molecule is Cc1ccc(C)c(S(=O)(=O)N2CC3CC3C2)c1. The summed E-state index contributed by atoms with van der Waals surface area (Å²) >= 11 is 0. The summed E-state index contributed by atoms with van der Waals surface area (Å²) in [5, 5.41) is 0. The average molecular weight is 251 g/mol. The van der Waals surface area contributed by atoms with E-state index in [1.807, 2.05) is 26.0 Å². The molecule has 4 heteroatoms. The summed E-state index contributed by atoms with van der Waals surface area (Å²) in [4.78, 5) is 0.485. The quantitative estimate of drug-likeness (QED) is 0.805. The van der Waals surface area contributed by atoms with Crippen LogP contribution in [0.2, 0.25) is 0 Å². The van der Waals surface area contributed by atoms with Crippen LogP contribution in [0.4, 0.5) is 0 Å². The molecule has 1 heterocycles. The largest absolute Gasteiger partial charge is 0.243 e. The Bertz CT molecular complexity index is 555. The lowest BCUT2D eigenvalue weighted by atomic mass is 10.2. The zero-order valence-electron chi connectivity index (χ0n) is 10.2. The fraction of sp³-hybridized carbons (Fsp3) is 0.538. The van der Waals surface area contributed by atoms with E-state index in [1.54, 1.807) is 10.4 Å². The van der Waals surface area contributed by atoms with Crippen LogP contribution in [-0.2, 0) is 10.0 Å². The van der Waals surface area contributed by atoms with E-state index in [4.69, 9.17) is 0 Å². The molecule has 0 aromatic heterocycles. The molecule has 1 aromatic rings. The van der Waals surface area contributed by atoms with Crippen LogP contribution in [0.25, 0.3) is 0 Å². The molecule has 0 spiro atoms. The second-order valence-electron chi connectivity index (χ2n) is 5.35. The molecule has 2 fully saturated rings. The van der Waals surface area contributed by atoms with Gasteiger partial charge < -0.3 is 0 Å². The van der Waals surface area contributed by atoms with Gasteiger partial charge in [0.2, 0.25) is 10.0 Å². The summed E-state index contributed by atoms with van der Waals surface area (Å²) in [6.45, 7) is 5.24. The van der Waals surface area contributed by atoms with Crippen molar-refractivity contribution >= 4 is 10.0 Å². The van der Waals surface area contributed by atoms with Crippen molar-refractivity contribution in [2.24, 2.45) is 11.8 Å². The molecule has 0 amide bonds. The summed E-state index contributed by atoms with van der Waals surface area (Å²) in [5.41, 5.74) is 1.84. The van der Waals surface area contributed by atoms with Crippen LogP contribution in [0.5, 0.6) is 0 Å². The molecule has 2 aliphatic rings. The van der Waals surface area contributed by atoms with Crippen LogP contribution >= 0.6 is 0 Å². The standard InChI is InChI=1S/C13H17NO2S/c1-9-3-4-10(2)13(5-9)17(15,16)14-7-11-6-12(11)8-14/h3-5,11-12H,6-8H2,1-2H3. The minimum atomic E-state index is -3.26. The maximum Gasteiger partial charge on any atom is 0.243 e. The Morgan fingerprint density at radius 1 is 1.18 bits per heavy atom. The van der Waals surface area contributed by atoms with Gasteiger partial charge in [-0.2, -0.15) is 4.31 Å². The molecule has 2 unspecified atom stereocenters. The first-order valence-corrected chi connectivity index (χ1v) is 7.50. The lowest BCUT2D eigenvalue weighted by molar-refractivity contribution is 0.442. The molecule has 1 aliphatic heterocycles. The number of benzene rings is 1. The third-order valence-electron chi connectivity index (χ3n) is 3.91. The fourth-order valence-corrected chi connectivity index (χ4v) is 4.54. The van der Waals surface area contributed by atoms with Gasteiger partial charge in [0.05, 0.1) is 4.90 Å². The Labute approximate surface area is 102 Å². The van der Waals surface area contributed by atoms with Gasteiger partial charge in [0.1, 0.15) is 0 Å². The van der Waals surface area contributed by atoms with Crippen molar-refractivity contribution in [3.05, 3.63) is 29.3 Å². The van der Waals surface area contributed by atoms with E-state index in [2.05, 4.69) is 0 Å². The van der Waals surface area contributed by atoms with Crippen molar-refractivity contribution in [3.8, 4) is 0 Å². The summed E-state index contributed by atoms with van der Waals surface area (Å²) in [6.07, 6.45) is 1.22. The molecule has 0 N–H and O–H groups in total. The molecule has 1 saturated carbocycles. The Balaban J connectivity index is 1.99. The number of hydrogen-bond acceptors (Lipinski definition) is 2. The van der Waals surface area contributed by atoms with Gasteiger partial charge in [-0.3, -0.25) is 0 Å². The third kappa shape index (κ3) is 1.79. The van der Waals surface area contributed by atoms with Crippen molar-refractivity contribution in [2.75, 3.05) is 13.1 Å². The van der Waals surface area contributed by atoms with Gasteiger partial charge in [-0.25, -0.2) is 8.42 Å². The second-order valence-corrected chi connectivity index (χ2v) is 7.25. The molecule has 92 valence electrons. The number of aryl methyl sites for hydroxylation is 2. The number of piperidine rings is 1. The highest BCUT2D eigenvalue weighted by atomic mass is 32.2. The summed E-state index contributed by atoms with van der Waals surface area (Å²) in [6, 6.07) is 5.63. The van der Waals surface area contributed by atoms with Gasteiger partial charge in [-0.05, 0) is 49.3 Å². The molecule has 0 bridgehead atoms. The Morgan fingerprint density at radius 3 is 2.47 bits per heavy atom. The maximum absolute atomic E-state index is 12.5. The first kappa shape index (κ1) is 11.2. The van der Waals surface area contributed by atoms with Crippen LogP contribution in [0.15, 0.2) is 23.1 Å². The lowest BCUT2D eigenvalue weighted by Gasteiger charge is -2.19. The third-order valence-corrected chi connectivity index (χ3v) is 5.88. The van der Waals surface area contributed by atoms with Gasteiger partial charge in [-0.15, -0.1) is 0 Å². The first-order valence-electron chi connectivity index (χ1n) is 6.06. The number of hydrogen-bond donors (Lipinski definition) is 0. The van der Waals surface area contributed by atoms with Crippen LogP contribution in [-0.4, -0.2) is 25.8 Å². The number of nitrogens with zero attached hydrogens (tertiary/aromatic N) is 1. The lowest BCUT2D eigenvalue weighted by Crippen LogP contribution is -2.31. The van der Waals surface area contributed by atoms with E-state index in [0.717, 1.165) is 24.2 Å². The normalized spacial score (nSPS) is 28.1. The zero-order valence-corrected chi connectivity index (χ0v) is 11.0. The van der Waals surface area contributed by atoms with E-state index in [9.17, 15) is 8.42 Å². The highest BCUT2D eigenvalue weighted by Gasteiger charge is 2.49. The summed E-state index contributed by atoms with van der Waals surface area (Å²) in [5.74, 6) is 1.27. The van der Waals surface area contributed by atoms with Crippen molar-refractivity contribution < 1.29 is 8.42 Å². The number of sulfonamides is 1. The van der Waals surface area contributed by atoms with E-state index < -0.39 is 10.0 Å². The zero-order chi connectivity index (χ0) is 12.2. The maximum atomic E-state index is 12.5. The van der Waals surface area contributed by atoms with Gasteiger partial charge in [0.25, 0.3) is 0 Å². The molecular formula is C13H17NO2S. The molecule has 1 aliphatic carbocycles. The topological polar surface area (TPSA) is 37.4 Å². The van der Waals surface area contributed by atoms with E-state index in [-0.39, 0.29) is 0 Å². The Kier molecular flexibility index (Phi) is 2.35. The van der Waals surface area contributed by atoms with Crippen molar-refractivity contribution in [2.45, 2.75) is 25.2 Å². The smallest absolute Gasteiger partial charge is 0.207 e. The minimum absolute atomic E-state index is 0.485. The molecule has 2 atom stereocenters. The van der Waals surface area contributed by atoms with Gasteiger partial charge in [-0.1, -0.05) is 12.1 Å². The Hall–Kier alpha value is -0.870. The van der Waals surface area contributed by atoms with E-state index in [0.29, 0.717) is 16.7 Å². The average Bonchev–Trinajstić information content (AvgIpc) is 2.89. The predicted octanol–water partition coefficient (Wildman–Crippen LogP) is 1.94. The summed E-state index contributed by atoms with van der Waals surface area (Å²) < 4.78 is 26.7. The number of rotatable bonds is 2. The van der Waals surface area contributed by atoms with Crippen molar-refractivity contribution in [1.29, 1.82) is 0 Å². The Morgan fingerprint density at radius 2 is 1.82 bits per heavy atom. The van der Waals surface area contributed by atoms with Crippen LogP contribution in [0.1, 0.15) is 17.5 Å². The monoisotopic (exact) mass is 251 g/mol. The van der Waals surface area contributed by atoms with Gasteiger partial charge in [0.15, 0.2) is 0 Å². The summed E-state index contributed by atoms with van der Waals surface area (Å²) in [7, 11) is -3.26. The fourth-order valence-electron chi connectivity index (χ4n) is 2.68. The molecule has 1 saturated heterocycles. The molecular weight excluding hydrogens is 234 g/mol. The van der Waals surface area contributed by atoms with Crippen LogP contribution < -0.4 is 0 Å². The van der Waals surface area contributed by atoms with Crippen molar-refractivity contribution in [3.63, 3.8) is 0 Å². The van der Waals surface area contributed by atoms with E-state index >= 15 is 0 Å². The van der Waals surface area contributed by atoms with Crippen LogP contribution in [0.3, 0.4) is 0 Å². The second kappa shape index (κ2) is 3.56. The highest BCUT2D eigenvalue weighted by Crippen LogP contribution is 2.46.